The van der Waals surface area contributed by atoms with Gasteiger partial charge in [-0.1, -0.05) is 0 Å². The van der Waals surface area contributed by atoms with Gasteiger partial charge in [0.05, 0.1) is 3.07 Å². The predicted octanol–water partition coefficient (Wildman–Crippen LogP) is -3.75. The Hall–Kier alpha value is 0.260. The minimum atomic E-state index is -5.99. The van der Waals surface area contributed by atoms with Gasteiger partial charge in [-0.25, -0.2) is 0 Å². The summed E-state index contributed by atoms with van der Waals surface area (Å²) >= 11 is -5.02. The fraction of sp³-hybridized carbons (Fsp3) is 1.00. The molecule has 0 radical (unpaired) electrons. The normalized spacial score (nSPS) is 14.2. The van der Waals surface area contributed by atoms with Gasteiger partial charge in [-0.15, -0.1) is 0 Å². The molecular weight excluding hydrogens is 294 g/mol. The lowest BCUT2D eigenvalue weighted by Gasteiger charge is -2.11. The Kier molecular flexibility index (Phi) is 3.41. The summed E-state index contributed by atoms with van der Waals surface area (Å²) in [5.74, 6) is 0. The molecule has 3 nitrogen and oxygen atoms in total. The van der Waals surface area contributed by atoms with Crippen LogP contribution in [0.4, 0.5) is 22.0 Å². The van der Waals surface area contributed by atoms with Crippen LogP contribution in [0.3, 0.4) is 0 Å². The molecule has 0 rings (SSSR count). The SMILES string of the molecule is [O-][I+2]([O-])OC(F)(F)C(F)(F)F. The number of halogens is 6. The standard InChI is InChI=1S/C2F5IO3/c3-1(4,5)2(6,7)11-8(9)10. The zero-order valence-corrected chi connectivity index (χ0v) is 6.65. The molecule has 0 aliphatic heterocycles. The molecule has 0 N–H and O–H groups in total. The lowest BCUT2D eigenvalue weighted by atomic mass is 10.6. The van der Waals surface area contributed by atoms with Crippen LogP contribution in [-0.4, -0.2) is 12.3 Å². The van der Waals surface area contributed by atoms with E-state index in [0.29, 0.717) is 0 Å². The van der Waals surface area contributed by atoms with Crippen molar-refractivity contribution in [3.05, 3.63) is 0 Å². The van der Waals surface area contributed by atoms with Crippen molar-refractivity contribution in [2.75, 3.05) is 0 Å². The van der Waals surface area contributed by atoms with Crippen molar-refractivity contribution in [2.24, 2.45) is 0 Å². The molecule has 0 atom stereocenters. The molecule has 0 heterocycles. The Bertz CT molecular complexity index is 132. The van der Waals surface area contributed by atoms with Crippen molar-refractivity contribution in [3.8, 4) is 0 Å². The maximum absolute atomic E-state index is 11.5. The highest BCUT2D eigenvalue weighted by Crippen LogP contribution is 2.34. The largest absolute Gasteiger partial charge is 0.535 e. The van der Waals surface area contributed by atoms with Crippen LogP contribution in [0, 0.1) is 0 Å². The van der Waals surface area contributed by atoms with E-state index in [-0.39, 0.29) is 0 Å². The predicted molar refractivity (Wildman–Crippen MR) is 12.1 cm³/mol. The fourth-order valence-corrected chi connectivity index (χ4v) is 0.824. The van der Waals surface area contributed by atoms with Gasteiger partial charge in [0, 0.05) is 0 Å². The molecule has 11 heavy (non-hydrogen) atoms. The number of hydrogen-bond donors (Lipinski definition) is 0. The molecule has 0 bridgehead atoms. The van der Waals surface area contributed by atoms with Crippen LogP contribution in [0.2, 0.25) is 0 Å². The highest BCUT2D eigenvalue weighted by Gasteiger charge is 2.67. The zero-order valence-electron chi connectivity index (χ0n) is 4.49. The maximum atomic E-state index is 11.5. The molecule has 0 saturated heterocycles. The van der Waals surface area contributed by atoms with Gasteiger partial charge in [0.1, 0.15) is 0 Å². The minimum Gasteiger partial charge on any atom is -0.396 e. The summed E-state index contributed by atoms with van der Waals surface area (Å²) in [7, 11) is 0. The Labute approximate surface area is 65.8 Å². The van der Waals surface area contributed by atoms with Gasteiger partial charge in [-0.3, -0.25) is 0 Å². The summed E-state index contributed by atoms with van der Waals surface area (Å²) in [5.41, 5.74) is 0. The summed E-state index contributed by atoms with van der Waals surface area (Å²) in [4.78, 5) is 0. The van der Waals surface area contributed by atoms with Crippen LogP contribution >= 0.6 is 0 Å². The lowest BCUT2D eigenvalue weighted by Crippen LogP contribution is -3.99. The van der Waals surface area contributed by atoms with Gasteiger partial charge in [-0.05, 0) is 0 Å². The van der Waals surface area contributed by atoms with E-state index < -0.39 is 33.3 Å². The van der Waals surface area contributed by atoms with E-state index in [2.05, 4.69) is 3.07 Å². The van der Waals surface area contributed by atoms with Crippen LogP contribution in [0.1, 0.15) is 0 Å². The van der Waals surface area contributed by atoms with Crippen molar-refractivity contribution >= 4 is 0 Å². The van der Waals surface area contributed by atoms with Crippen molar-refractivity contribution in [1.29, 1.82) is 0 Å². The second kappa shape index (κ2) is 3.33. The van der Waals surface area contributed by atoms with Gasteiger partial charge in [0.2, 0.25) is 0 Å². The third-order valence-corrected chi connectivity index (χ3v) is 1.40. The molecule has 0 saturated carbocycles. The summed E-state index contributed by atoms with van der Waals surface area (Å²) < 4.78 is 77.3. The molecule has 0 fully saturated rings. The van der Waals surface area contributed by atoms with Crippen LogP contribution in [0.5, 0.6) is 0 Å². The Morgan fingerprint density at radius 1 is 1.00 bits per heavy atom. The van der Waals surface area contributed by atoms with E-state index >= 15 is 0 Å². The lowest BCUT2D eigenvalue weighted by molar-refractivity contribution is -1.63. The highest BCUT2D eigenvalue weighted by molar-refractivity contribution is 4.60. The molecule has 9 heteroatoms. The zero-order chi connectivity index (χ0) is 9.28. The van der Waals surface area contributed by atoms with Gasteiger partial charge in [-0.2, -0.15) is 22.0 Å². The third-order valence-electron chi connectivity index (χ3n) is 0.490. The van der Waals surface area contributed by atoms with E-state index in [1.165, 1.54) is 0 Å². The molecule has 68 valence electrons. The van der Waals surface area contributed by atoms with Crippen LogP contribution in [-0.2, 0) is 3.07 Å². The second-order valence-corrected chi connectivity index (χ2v) is 2.80. The van der Waals surface area contributed by atoms with Crippen LogP contribution in [0.15, 0.2) is 0 Å². The highest BCUT2D eigenvalue weighted by atomic mass is 127. The van der Waals surface area contributed by atoms with Gasteiger partial charge < -0.3 is 6.87 Å². The van der Waals surface area contributed by atoms with E-state index in [1.54, 1.807) is 0 Å². The van der Waals surface area contributed by atoms with Crippen molar-refractivity contribution in [2.45, 2.75) is 12.3 Å². The number of rotatable bonds is 2. The van der Waals surface area contributed by atoms with E-state index in [0.717, 1.165) is 0 Å². The van der Waals surface area contributed by atoms with Gasteiger partial charge in [0.25, 0.3) is 0 Å². The first-order chi connectivity index (χ1) is 4.67. The van der Waals surface area contributed by atoms with Crippen molar-refractivity contribution < 1.29 is 53.0 Å². The molecule has 0 aliphatic carbocycles. The monoisotopic (exact) mass is 294 g/mol. The maximum Gasteiger partial charge on any atom is 0.535 e. The molecule has 0 spiro atoms. The quantitative estimate of drug-likeness (QED) is 0.388. The Morgan fingerprint density at radius 2 is 1.36 bits per heavy atom. The number of hydrogen-bond acceptors (Lipinski definition) is 3. The van der Waals surface area contributed by atoms with E-state index in [4.69, 9.17) is 0 Å². The van der Waals surface area contributed by atoms with E-state index in [1.807, 2.05) is 0 Å². The summed E-state index contributed by atoms with van der Waals surface area (Å²) in [6.45, 7) is 0. The fourth-order valence-electron chi connectivity index (χ4n) is 0.123. The Balaban J connectivity index is 4.22. The molecule has 0 amide bonds. The summed E-state index contributed by atoms with van der Waals surface area (Å²) in [6.07, 6.45) is -11.6. The van der Waals surface area contributed by atoms with Crippen LogP contribution in [0.25, 0.3) is 0 Å². The van der Waals surface area contributed by atoms with E-state index in [9.17, 15) is 28.8 Å². The smallest absolute Gasteiger partial charge is 0.396 e. The average Bonchev–Trinajstić information content (AvgIpc) is 1.56. The summed E-state index contributed by atoms with van der Waals surface area (Å²) in [5, 5.41) is 0. The van der Waals surface area contributed by atoms with Crippen molar-refractivity contribution in [1.82, 2.24) is 0 Å². The topological polar surface area (TPSA) is 55.3 Å². The first-order valence-electron chi connectivity index (χ1n) is 1.86. The van der Waals surface area contributed by atoms with Crippen LogP contribution < -0.4 is 27.9 Å². The Morgan fingerprint density at radius 3 is 1.45 bits per heavy atom. The molecular formula is C2F5IO3. The molecule has 0 unspecified atom stereocenters. The minimum absolute atomic E-state index is 2.39. The molecule has 0 aromatic carbocycles. The molecule has 0 aromatic heterocycles. The first-order valence-corrected chi connectivity index (χ1v) is 4.50. The summed E-state index contributed by atoms with van der Waals surface area (Å²) in [6, 6.07) is 0. The van der Waals surface area contributed by atoms with Gasteiger partial charge in [0.15, 0.2) is 0 Å². The molecule has 0 aromatic rings. The average molecular weight is 294 g/mol. The first kappa shape index (κ1) is 11.3. The third kappa shape index (κ3) is 3.44. The van der Waals surface area contributed by atoms with Crippen molar-refractivity contribution in [3.63, 3.8) is 0 Å². The van der Waals surface area contributed by atoms with Gasteiger partial charge >= 0.3 is 33.3 Å². The number of alkyl halides is 5. The molecule has 0 aliphatic rings. The second-order valence-electron chi connectivity index (χ2n) is 1.28.